The number of hydrogen-bond acceptors (Lipinski definition) is 4. The summed E-state index contributed by atoms with van der Waals surface area (Å²) in [6, 6.07) is 4.80. The summed E-state index contributed by atoms with van der Waals surface area (Å²) in [4.78, 5) is 16.7. The van der Waals surface area contributed by atoms with Crippen molar-refractivity contribution >= 4 is 17.4 Å². The van der Waals surface area contributed by atoms with Crippen molar-refractivity contribution in [1.82, 2.24) is 10.2 Å². The highest BCUT2D eigenvalue weighted by molar-refractivity contribution is 7.12. The first-order valence-electron chi connectivity index (χ1n) is 8.76. The van der Waals surface area contributed by atoms with Crippen LogP contribution in [0, 0.1) is 0 Å². The van der Waals surface area contributed by atoms with E-state index in [1.807, 2.05) is 32.1 Å². The molecule has 0 bridgehead atoms. The SMILES string of the molecule is CCc1ccc(C(C)NCC2=CCN(C(=O)OC(C)(C)C)CC2)s1. The van der Waals surface area contributed by atoms with Crippen LogP contribution in [0.15, 0.2) is 23.8 Å². The van der Waals surface area contributed by atoms with Gasteiger partial charge in [-0.3, -0.25) is 0 Å². The van der Waals surface area contributed by atoms with Crippen molar-refractivity contribution in [3.8, 4) is 0 Å². The van der Waals surface area contributed by atoms with Gasteiger partial charge in [0.25, 0.3) is 0 Å². The highest BCUT2D eigenvalue weighted by Crippen LogP contribution is 2.24. The van der Waals surface area contributed by atoms with E-state index in [4.69, 9.17) is 4.74 Å². The van der Waals surface area contributed by atoms with Crippen molar-refractivity contribution in [2.45, 2.75) is 59.1 Å². The van der Waals surface area contributed by atoms with Gasteiger partial charge in [-0.25, -0.2) is 4.79 Å². The number of nitrogens with zero attached hydrogens (tertiary/aromatic N) is 1. The monoisotopic (exact) mass is 350 g/mol. The largest absolute Gasteiger partial charge is 0.444 e. The molecule has 0 aromatic carbocycles. The van der Waals surface area contributed by atoms with E-state index < -0.39 is 5.60 Å². The number of carbonyl (C=O) groups excluding carboxylic acids is 1. The number of carbonyl (C=O) groups is 1. The quantitative estimate of drug-likeness (QED) is 0.793. The molecule has 0 radical (unpaired) electrons. The van der Waals surface area contributed by atoms with E-state index in [-0.39, 0.29) is 6.09 Å². The summed E-state index contributed by atoms with van der Waals surface area (Å²) in [6.07, 6.45) is 3.94. The first-order chi connectivity index (χ1) is 11.3. The minimum Gasteiger partial charge on any atom is -0.444 e. The van der Waals surface area contributed by atoms with Crippen LogP contribution in [0.5, 0.6) is 0 Å². The minimum absolute atomic E-state index is 0.218. The van der Waals surface area contributed by atoms with Gasteiger partial charge in [0.2, 0.25) is 0 Å². The van der Waals surface area contributed by atoms with Gasteiger partial charge in [0, 0.05) is 35.4 Å². The molecule has 2 rings (SSSR count). The van der Waals surface area contributed by atoms with Crippen LogP contribution in [0.25, 0.3) is 0 Å². The minimum atomic E-state index is -0.434. The molecular formula is C19H30N2O2S. The smallest absolute Gasteiger partial charge is 0.410 e. The zero-order valence-corrected chi connectivity index (χ0v) is 16.3. The number of rotatable bonds is 5. The van der Waals surface area contributed by atoms with Crippen LogP contribution in [0.1, 0.15) is 56.8 Å². The highest BCUT2D eigenvalue weighted by Gasteiger charge is 2.23. The molecule has 1 aliphatic rings. The Morgan fingerprint density at radius 3 is 2.71 bits per heavy atom. The number of thiophene rings is 1. The predicted molar refractivity (Wildman–Crippen MR) is 101 cm³/mol. The molecule has 1 aromatic heterocycles. The van der Waals surface area contributed by atoms with Crippen LogP contribution in [0.2, 0.25) is 0 Å². The molecule has 4 nitrogen and oxygen atoms in total. The third-order valence-corrected chi connectivity index (χ3v) is 5.46. The number of hydrogen-bond donors (Lipinski definition) is 1. The fraction of sp³-hybridized carbons (Fsp3) is 0.632. The molecule has 0 saturated heterocycles. The Labute approximate surface area is 149 Å². The van der Waals surface area contributed by atoms with E-state index in [0.29, 0.717) is 12.6 Å². The van der Waals surface area contributed by atoms with Gasteiger partial charge < -0.3 is 15.0 Å². The van der Waals surface area contributed by atoms with Crippen LogP contribution in [0.3, 0.4) is 0 Å². The Bertz CT molecular complexity index is 586. The third-order valence-electron chi connectivity index (χ3n) is 4.05. The lowest BCUT2D eigenvalue weighted by Crippen LogP contribution is -2.40. The molecule has 1 amide bonds. The lowest BCUT2D eigenvalue weighted by atomic mass is 10.1. The molecule has 2 heterocycles. The molecule has 1 N–H and O–H groups in total. The zero-order chi connectivity index (χ0) is 17.7. The summed E-state index contributed by atoms with van der Waals surface area (Å²) < 4.78 is 5.42. The molecule has 1 atom stereocenters. The topological polar surface area (TPSA) is 41.6 Å². The first-order valence-corrected chi connectivity index (χ1v) is 9.58. The normalized spacial score (nSPS) is 16.7. The molecule has 0 saturated carbocycles. The fourth-order valence-corrected chi connectivity index (χ4v) is 3.55. The average molecular weight is 351 g/mol. The Hall–Kier alpha value is -1.33. The van der Waals surface area contributed by atoms with Crippen molar-refractivity contribution in [2.24, 2.45) is 0 Å². The Morgan fingerprint density at radius 1 is 1.42 bits per heavy atom. The van der Waals surface area contributed by atoms with Crippen LogP contribution < -0.4 is 5.32 Å². The Morgan fingerprint density at radius 2 is 2.17 bits per heavy atom. The van der Waals surface area contributed by atoms with Crippen LogP contribution in [-0.2, 0) is 11.2 Å². The van der Waals surface area contributed by atoms with Gasteiger partial charge in [-0.1, -0.05) is 18.6 Å². The third kappa shape index (κ3) is 5.64. The molecule has 24 heavy (non-hydrogen) atoms. The standard InChI is InChI=1S/C19H30N2O2S/c1-6-16-7-8-17(24-16)14(2)20-13-15-9-11-21(12-10-15)18(22)23-19(3,4)5/h7-9,14,20H,6,10-13H2,1-5H3. The predicted octanol–water partition coefficient (Wildman–Crippen LogP) is 4.53. The van der Waals surface area contributed by atoms with E-state index in [1.54, 1.807) is 4.90 Å². The molecule has 134 valence electrons. The van der Waals surface area contributed by atoms with Gasteiger partial charge in [0.1, 0.15) is 5.60 Å². The van der Waals surface area contributed by atoms with Gasteiger partial charge in [-0.05, 0) is 52.7 Å². The van der Waals surface area contributed by atoms with Crippen molar-refractivity contribution in [3.05, 3.63) is 33.5 Å². The van der Waals surface area contributed by atoms with E-state index in [1.165, 1.54) is 15.3 Å². The zero-order valence-electron chi connectivity index (χ0n) is 15.5. The van der Waals surface area contributed by atoms with E-state index in [0.717, 1.165) is 25.9 Å². The second-order valence-corrected chi connectivity index (χ2v) is 8.50. The number of nitrogens with one attached hydrogen (secondary N) is 1. The molecule has 1 unspecified atom stereocenters. The van der Waals surface area contributed by atoms with Crippen molar-refractivity contribution in [3.63, 3.8) is 0 Å². The Balaban J connectivity index is 1.79. The number of aryl methyl sites for hydroxylation is 1. The summed E-state index contributed by atoms with van der Waals surface area (Å²) in [7, 11) is 0. The van der Waals surface area contributed by atoms with Crippen LogP contribution in [0.4, 0.5) is 4.79 Å². The lowest BCUT2D eigenvalue weighted by molar-refractivity contribution is 0.0265. The summed E-state index contributed by atoms with van der Waals surface area (Å²) in [5.41, 5.74) is 0.935. The molecule has 1 aromatic rings. The maximum Gasteiger partial charge on any atom is 0.410 e. The molecule has 0 fully saturated rings. The molecule has 5 heteroatoms. The van der Waals surface area contributed by atoms with Gasteiger partial charge in [0.05, 0.1) is 0 Å². The van der Waals surface area contributed by atoms with Gasteiger partial charge in [-0.2, -0.15) is 0 Å². The second kappa shape index (κ2) is 8.17. The van der Waals surface area contributed by atoms with Gasteiger partial charge in [0.15, 0.2) is 0 Å². The average Bonchev–Trinajstić information content (AvgIpc) is 3.00. The molecular weight excluding hydrogens is 320 g/mol. The highest BCUT2D eigenvalue weighted by atomic mass is 32.1. The summed E-state index contributed by atoms with van der Waals surface area (Å²) in [6.45, 7) is 12.3. The fourth-order valence-electron chi connectivity index (χ4n) is 2.57. The van der Waals surface area contributed by atoms with Crippen molar-refractivity contribution in [1.29, 1.82) is 0 Å². The Kier molecular flexibility index (Phi) is 6.47. The first kappa shape index (κ1) is 19.0. The lowest BCUT2D eigenvalue weighted by Gasteiger charge is -2.30. The van der Waals surface area contributed by atoms with E-state index in [9.17, 15) is 4.79 Å². The summed E-state index contributed by atoms with van der Waals surface area (Å²) in [5.74, 6) is 0. The number of ether oxygens (including phenoxy) is 1. The van der Waals surface area contributed by atoms with E-state index in [2.05, 4.69) is 37.4 Å². The second-order valence-electron chi connectivity index (χ2n) is 7.30. The molecule has 0 aliphatic carbocycles. The summed E-state index contributed by atoms with van der Waals surface area (Å²) >= 11 is 1.89. The van der Waals surface area contributed by atoms with E-state index >= 15 is 0 Å². The van der Waals surface area contributed by atoms with Crippen LogP contribution >= 0.6 is 11.3 Å². The molecule has 1 aliphatic heterocycles. The van der Waals surface area contributed by atoms with Crippen molar-refractivity contribution < 1.29 is 9.53 Å². The van der Waals surface area contributed by atoms with Gasteiger partial charge in [-0.15, -0.1) is 11.3 Å². The number of amides is 1. The van der Waals surface area contributed by atoms with Crippen molar-refractivity contribution in [2.75, 3.05) is 19.6 Å². The van der Waals surface area contributed by atoms with Crippen LogP contribution in [-0.4, -0.2) is 36.2 Å². The van der Waals surface area contributed by atoms with Gasteiger partial charge >= 0.3 is 6.09 Å². The maximum atomic E-state index is 12.1. The maximum absolute atomic E-state index is 12.1. The molecule has 0 spiro atoms. The summed E-state index contributed by atoms with van der Waals surface area (Å²) in [5, 5.41) is 3.60.